The summed E-state index contributed by atoms with van der Waals surface area (Å²) in [6.45, 7) is 7.58. The monoisotopic (exact) mass is 418 g/mol. The molecule has 0 heterocycles. The minimum Gasteiger partial charge on any atom is -0.377 e. The van der Waals surface area contributed by atoms with E-state index in [0.29, 0.717) is 12.5 Å². The van der Waals surface area contributed by atoms with Crippen LogP contribution in [0.4, 0.5) is 0 Å². The number of rotatable bonds is 13. The van der Waals surface area contributed by atoms with Gasteiger partial charge in [0.05, 0.1) is 6.61 Å². The first kappa shape index (κ1) is 23.8. The summed E-state index contributed by atoms with van der Waals surface area (Å²) in [4.78, 5) is 0. The second kappa shape index (κ2) is 13.5. The van der Waals surface area contributed by atoms with Crippen LogP contribution in [-0.2, 0) is 11.2 Å². The van der Waals surface area contributed by atoms with Gasteiger partial charge in [0.25, 0.3) is 0 Å². The van der Waals surface area contributed by atoms with E-state index >= 15 is 0 Å². The first-order valence-corrected chi connectivity index (χ1v) is 12.7. The Kier molecular flexibility index (Phi) is 10.4. The molecule has 1 aliphatic carbocycles. The third-order valence-corrected chi connectivity index (χ3v) is 6.92. The lowest BCUT2D eigenvalue weighted by molar-refractivity contribution is 0.102. The van der Waals surface area contributed by atoms with Crippen molar-refractivity contribution in [3.8, 4) is 11.1 Å². The maximum Gasteiger partial charge on any atom is 0.0644 e. The van der Waals surface area contributed by atoms with Gasteiger partial charge >= 0.3 is 0 Å². The molecule has 2 aromatic rings. The number of hydrogen-bond acceptors (Lipinski definition) is 1. The molecule has 0 aromatic heterocycles. The van der Waals surface area contributed by atoms with Gasteiger partial charge in [0.15, 0.2) is 0 Å². The third-order valence-electron chi connectivity index (χ3n) is 6.92. The Morgan fingerprint density at radius 2 is 1.42 bits per heavy atom. The summed E-state index contributed by atoms with van der Waals surface area (Å²) in [6.07, 6.45) is 16.4. The Morgan fingerprint density at radius 3 is 2.06 bits per heavy atom. The van der Waals surface area contributed by atoms with Crippen molar-refractivity contribution in [3.05, 3.63) is 72.3 Å². The molecular weight excluding hydrogens is 376 g/mol. The molecule has 0 atom stereocenters. The molecule has 1 aliphatic rings. The number of hydrogen-bond donors (Lipinski definition) is 0. The zero-order valence-corrected chi connectivity index (χ0v) is 19.7. The van der Waals surface area contributed by atoms with E-state index in [-0.39, 0.29) is 0 Å². The highest BCUT2D eigenvalue weighted by molar-refractivity contribution is 5.64. The van der Waals surface area contributed by atoms with Crippen molar-refractivity contribution in [1.82, 2.24) is 0 Å². The Hall–Kier alpha value is -1.86. The smallest absolute Gasteiger partial charge is 0.0644 e. The van der Waals surface area contributed by atoms with Gasteiger partial charge < -0.3 is 4.74 Å². The second-order valence-electron chi connectivity index (χ2n) is 9.38. The van der Waals surface area contributed by atoms with Crippen molar-refractivity contribution in [2.75, 3.05) is 13.2 Å². The molecule has 31 heavy (non-hydrogen) atoms. The van der Waals surface area contributed by atoms with Gasteiger partial charge in [-0.1, -0.05) is 93.6 Å². The van der Waals surface area contributed by atoms with Crippen LogP contribution in [-0.4, -0.2) is 13.2 Å². The van der Waals surface area contributed by atoms with Crippen LogP contribution in [0.25, 0.3) is 11.1 Å². The molecule has 1 nitrogen and oxygen atoms in total. The van der Waals surface area contributed by atoms with E-state index in [4.69, 9.17) is 4.74 Å². The topological polar surface area (TPSA) is 9.23 Å². The lowest BCUT2D eigenvalue weighted by Crippen LogP contribution is -2.18. The van der Waals surface area contributed by atoms with Gasteiger partial charge in [-0.25, -0.2) is 0 Å². The van der Waals surface area contributed by atoms with Gasteiger partial charge in [0.1, 0.15) is 0 Å². The fourth-order valence-corrected chi connectivity index (χ4v) is 4.90. The summed E-state index contributed by atoms with van der Waals surface area (Å²) in [7, 11) is 0. The van der Waals surface area contributed by atoms with Crippen molar-refractivity contribution in [2.24, 2.45) is 5.92 Å². The summed E-state index contributed by atoms with van der Waals surface area (Å²) >= 11 is 0. The lowest BCUT2D eigenvalue weighted by Gasteiger charge is -2.28. The zero-order valence-electron chi connectivity index (χ0n) is 19.7. The van der Waals surface area contributed by atoms with E-state index in [9.17, 15) is 0 Å². The van der Waals surface area contributed by atoms with E-state index in [0.717, 1.165) is 12.5 Å². The summed E-state index contributed by atoms with van der Waals surface area (Å²) in [5.74, 6) is 1.44. The molecule has 0 aliphatic heterocycles. The van der Waals surface area contributed by atoms with E-state index in [2.05, 4.69) is 62.0 Å². The first-order valence-electron chi connectivity index (χ1n) is 12.7. The fourth-order valence-electron chi connectivity index (χ4n) is 4.90. The van der Waals surface area contributed by atoms with Crippen LogP contribution in [0, 0.1) is 5.92 Å². The van der Waals surface area contributed by atoms with Crippen molar-refractivity contribution in [3.63, 3.8) is 0 Å². The standard InChI is InChI=1S/C30H42O/c1-3-5-6-7-8-9-10-25-11-15-27(16-12-25)29-19-21-30(22-20-29)28-17-13-26(14-18-28)24-31-23-4-2/h4,11-12,15-16,19-22,26,28H,2-3,5-10,13-14,17-18,23-24H2,1H3. The Bertz CT molecular complexity index is 735. The van der Waals surface area contributed by atoms with Gasteiger partial charge in [-0.3, -0.25) is 0 Å². The molecule has 3 rings (SSSR count). The van der Waals surface area contributed by atoms with Crippen molar-refractivity contribution < 1.29 is 4.74 Å². The van der Waals surface area contributed by atoms with Crippen molar-refractivity contribution >= 4 is 0 Å². The predicted octanol–water partition coefficient (Wildman–Crippen LogP) is 8.73. The van der Waals surface area contributed by atoms with E-state index < -0.39 is 0 Å². The average molecular weight is 419 g/mol. The molecule has 1 saturated carbocycles. The maximum absolute atomic E-state index is 5.66. The van der Waals surface area contributed by atoms with Gasteiger partial charge in [0, 0.05) is 6.61 Å². The minimum atomic E-state index is 0.682. The molecule has 0 spiro atoms. The third kappa shape index (κ3) is 7.96. The van der Waals surface area contributed by atoms with Crippen LogP contribution in [0.2, 0.25) is 0 Å². The molecule has 0 N–H and O–H groups in total. The summed E-state index contributed by atoms with van der Waals surface area (Å²) in [5, 5.41) is 0. The largest absolute Gasteiger partial charge is 0.377 e. The molecule has 0 bridgehead atoms. The van der Waals surface area contributed by atoms with Gasteiger partial charge in [-0.15, -0.1) is 6.58 Å². The molecule has 168 valence electrons. The Morgan fingerprint density at radius 1 is 0.806 bits per heavy atom. The average Bonchev–Trinajstić information content (AvgIpc) is 2.82. The molecule has 1 fully saturated rings. The van der Waals surface area contributed by atoms with Gasteiger partial charge in [-0.2, -0.15) is 0 Å². The lowest BCUT2D eigenvalue weighted by atomic mass is 9.79. The van der Waals surface area contributed by atoms with Crippen LogP contribution in [0.3, 0.4) is 0 Å². The van der Waals surface area contributed by atoms with Gasteiger partial charge in [-0.05, 0) is 72.6 Å². The molecule has 0 amide bonds. The number of ether oxygens (including phenoxy) is 1. The van der Waals surface area contributed by atoms with Gasteiger partial charge in [0.2, 0.25) is 0 Å². The van der Waals surface area contributed by atoms with E-state index in [1.165, 1.54) is 92.9 Å². The molecule has 0 radical (unpaired) electrons. The van der Waals surface area contributed by atoms with E-state index in [1.807, 2.05) is 6.08 Å². The molecule has 0 unspecified atom stereocenters. The highest BCUT2D eigenvalue weighted by atomic mass is 16.5. The number of benzene rings is 2. The van der Waals surface area contributed by atoms with Crippen molar-refractivity contribution in [1.29, 1.82) is 0 Å². The summed E-state index contributed by atoms with van der Waals surface area (Å²) in [6, 6.07) is 18.6. The predicted molar refractivity (Wildman–Crippen MR) is 135 cm³/mol. The highest BCUT2D eigenvalue weighted by Gasteiger charge is 2.22. The molecule has 0 saturated heterocycles. The SMILES string of the molecule is C=CCOCC1CCC(c2ccc(-c3ccc(CCCCCCCC)cc3)cc2)CC1. The minimum absolute atomic E-state index is 0.682. The fraction of sp³-hybridized carbons (Fsp3) is 0.533. The Labute approximate surface area is 190 Å². The van der Waals surface area contributed by atoms with Crippen molar-refractivity contribution in [2.45, 2.75) is 83.5 Å². The first-order chi connectivity index (χ1) is 15.3. The van der Waals surface area contributed by atoms with Crippen LogP contribution in [0.15, 0.2) is 61.2 Å². The molecule has 1 heteroatoms. The zero-order chi connectivity index (χ0) is 21.7. The molecular formula is C30H42O. The van der Waals surface area contributed by atoms with Crippen LogP contribution in [0.5, 0.6) is 0 Å². The van der Waals surface area contributed by atoms with Crippen LogP contribution in [0.1, 0.15) is 88.2 Å². The quantitative estimate of drug-likeness (QED) is 0.233. The number of aryl methyl sites for hydroxylation is 1. The normalized spacial score (nSPS) is 18.7. The molecule has 2 aromatic carbocycles. The second-order valence-corrected chi connectivity index (χ2v) is 9.38. The summed E-state index contributed by atoms with van der Waals surface area (Å²) < 4.78 is 5.66. The van der Waals surface area contributed by atoms with E-state index in [1.54, 1.807) is 0 Å². The van der Waals surface area contributed by atoms with Crippen LogP contribution >= 0.6 is 0 Å². The maximum atomic E-state index is 5.66. The number of unbranched alkanes of at least 4 members (excludes halogenated alkanes) is 5. The Balaban J connectivity index is 1.44. The summed E-state index contributed by atoms with van der Waals surface area (Å²) in [5.41, 5.74) is 5.65. The highest BCUT2D eigenvalue weighted by Crippen LogP contribution is 2.36. The van der Waals surface area contributed by atoms with Crippen LogP contribution < -0.4 is 0 Å².